The molecule has 32 heavy (non-hydrogen) atoms. The molecule has 0 saturated heterocycles. The smallest absolute Gasteiger partial charge is 0.343 e. The van der Waals surface area contributed by atoms with Crippen LogP contribution in [0.25, 0.3) is 6.08 Å². The molecular weight excluding hydrogens is 415 g/mol. The Labute approximate surface area is 183 Å². The van der Waals surface area contributed by atoms with E-state index in [2.05, 4.69) is 0 Å². The molecule has 0 atom stereocenters. The first kappa shape index (κ1) is 21.1. The molecule has 0 radical (unpaired) electrons. The first-order chi connectivity index (χ1) is 15.4. The van der Waals surface area contributed by atoms with Crippen LogP contribution >= 0.6 is 0 Å². The predicted molar refractivity (Wildman–Crippen MR) is 115 cm³/mol. The first-order valence-corrected chi connectivity index (χ1v) is 9.68. The zero-order valence-electron chi connectivity index (χ0n) is 17.6. The molecule has 0 aliphatic carbocycles. The van der Waals surface area contributed by atoms with Gasteiger partial charge in [0.2, 0.25) is 5.78 Å². The van der Waals surface area contributed by atoms with Crippen molar-refractivity contribution < 1.29 is 32.9 Å². The fourth-order valence-corrected chi connectivity index (χ4v) is 3.40. The lowest BCUT2D eigenvalue weighted by Gasteiger charge is -2.08. The van der Waals surface area contributed by atoms with Crippen molar-refractivity contribution >= 4 is 17.8 Å². The Bertz CT molecular complexity index is 1260. The van der Waals surface area contributed by atoms with Crippen LogP contribution in [0, 0.1) is 12.7 Å². The molecule has 0 bridgehead atoms. The van der Waals surface area contributed by atoms with E-state index < -0.39 is 11.8 Å². The summed E-state index contributed by atoms with van der Waals surface area (Å²) in [7, 11) is 3.07. The van der Waals surface area contributed by atoms with Gasteiger partial charge in [-0.25, -0.2) is 9.18 Å². The first-order valence-electron chi connectivity index (χ1n) is 9.68. The minimum Gasteiger partial charge on any atom is -0.497 e. The predicted octanol–water partition coefficient (Wildman–Crippen LogP) is 4.99. The molecule has 0 amide bonds. The highest BCUT2D eigenvalue weighted by molar-refractivity contribution is 6.15. The third kappa shape index (κ3) is 4.05. The molecule has 3 aromatic rings. The number of Topliss-reactive ketones (excluding diaryl/α,β-unsaturated/α-hetero) is 1. The normalized spacial score (nSPS) is 13.5. The summed E-state index contributed by atoms with van der Waals surface area (Å²) in [6.07, 6.45) is 1.58. The van der Waals surface area contributed by atoms with E-state index >= 15 is 0 Å². The van der Waals surface area contributed by atoms with Crippen molar-refractivity contribution in [2.45, 2.75) is 6.92 Å². The molecule has 0 N–H and O–H groups in total. The summed E-state index contributed by atoms with van der Waals surface area (Å²) in [6.45, 7) is 1.72. The Morgan fingerprint density at radius 3 is 2.53 bits per heavy atom. The molecule has 3 aromatic carbocycles. The molecule has 7 heteroatoms. The number of aryl methyl sites for hydroxylation is 1. The van der Waals surface area contributed by atoms with Crippen LogP contribution in [0.3, 0.4) is 0 Å². The lowest BCUT2D eigenvalue weighted by Crippen LogP contribution is -2.09. The highest BCUT2D eigenvalue weighted by atomic mass is 19.1. The van der Waals surface area contributed by atoms with E-state index in [1.54, 1.807) is 44.4 Å². The minimum atomic E-state index is -0.716. The summed E-state index contributed by atoms with van der Waals surface area (Å²) in [6, 6.07) is 13.4. The number of halogens is 1. The highest BCUT2D eigenvalue weighted by Gasteiger charge is 2.30. The number of methoxy groups -OCH3 is 2. The van der Waals surface area contributed by atoms with Gasteiger partial charge in [0.25, 0.3) is 0 Å². The van der Waals surface area contributed by atoms with Crippen LogP contribution in [-0.2, 0) is 0 Å². The average Bonchev–Trinajstić information content (AvgIpc) is 3.09. The highest BCUT2D eigenvalue weighted by Crippen LogP contribution is 2.38. The Morgan fingerprint density at radius 1 is 1.00 bits per heavy atom. The quantitative estimate of drug-likeness (QED) is 0.320. The van der Waals surface area contributed by atoms with Gasteiger partial charge in [-0.2, -0.15) is 0 Å². The molecule has 1 aliphatic heterocycles. The summed E-state index contributed by atoms with van der Waals surface area (Å²) < 4.78 is 35.1. The molecule has 0 spiro atoms. The maximum absolute atomic E-state index is 13.4. The third-order valence-corrected chi connectivity index (χ3v) is 4.94. The molecule has 1 heterocycles. The lowest BCUT2D eigenvalue weighted by atomic mass is 10.0. The van der Waals surface area contributed by atoms with E-state index in [-0.39, 0.29) is 28.6 Å². The number of benzene rings is 3. The van der Waals surface area contributed by atoms with Crippen molar-refractivity contribution in [3.8, 4) is 23.0 Å². The number of esters is 1. The maximum atomic E-state index is 13.4. The number of rotatable bonds is 5. The van der Waals surface area contributed by atoms with Crippen LogP contribution in [0.15, 0.2) is 60.4 Å². The lowest BCUT2D eigenvalue weighted by molar-refractivity contribution is 0.0734. The Kier molecular flexibility index (Phi) is 5.64. The maximum Gasteiger partial charge on any atom is 0.343 e. The average molecular weight is 434 g/mol. The fourth-order valence-electron chi connectivity index (χ4n) is 3.40. The summed E-state index contributed by atoms with van der Waals surface area (Å²) in [4.78, 5) is 25.3. The van der Waals surface area contributed by atoms with E-state index in [1.807, 2.05) is 0 Å². The van der Waals surface area contributed by atoms with Crippen LogP contribution in [0.5, 0.6) is 23.0 Å². The van der Waals surface area contributed by atoms with E-state index in [0.29, 0.717) is 28.2 Å². The van der Waals surface area contributed by atoms with Gasteiger partial charge in [0.05, 0.1) is 25.3 Å². The second-order valence-corrected chi connectivity index (χ2v) is 7.06. The van der Waals surface area contributed by atoms with Gasteiger partial charge in [-0.1, -0.05) is 6.07 Å². The Morgan fingerprint density at radius 2 is 1.81 bits per heavy atom. The molecule has 0 fully saturated rings. The number of ether oxygens (including phenoxy) is 4. The SMILES string of the molecule is COc1ccc(/C=C2\Oc3cc(OC(=O)c4cccc(F)c4)cc(C)c3C2=O)c(OC)c1. The van der Waals surface area contributed by atoms with Crippen LogP contribution in [0.2, 0.25) is 0 Å². The Hall–Kier alpha value is -4.13. The van der Waals surface area contributed by atoms with Gasteiger partial charge < -0.3 is 18.9 Å². The third-order valence-electron chi connectivity index (χ3n) is 4.94. The number of ketones is 1. The van der Waals surface area contributed by atoms with Crippen molar-refractivity contribution in [3.05, 3.63) is 88.4 Å². The fraction of sp³-hybridized carbons (Fsp3) is 0.120. The van der Waals surface area contributed by atoms with Gasteiger partial charge in [-0.3, -0.25) is 4.79 Å². The number of carbonyl (C=O) groups excluding carboxylic acids is 2. The molecule has 0 aromatic heterocycles. The topological polar surface area (TPSA) is 71.1 Å². The summed E-state index contributed by atoms with van der Waals surface area (Å²) in [5, 5.41) is 0. The van der Waals surface area contributed by atoms with Crippen molar-refractivity contribution in [1.82, 2.24) is 0 Å². The molecule has 0 saturated carbocycles. The van der Waals surface area contributed by atoms with E-state index in [4.69, 9.17) is 18.9 Å². The van der Waals surface area contributed by atoms with Gasteiger partial charge >= 0.3 is 5.97 Å². The van der Waals surface area contributed by atoms with Crippen LogP contribution in [0.4, 0.5) is 4.39 Å². The molecule has 162 valence electrons. The molecular formula is C25H19FO6. The Balaban J connectivity index is 1.62. The molecule has 6 nitrogen and oxygen atoms in total. The van der Waals surface area contributed by atoms with Crippen LogP contribution in [0.1, 0.15) is 31.8 Å². The van der Waals surface area contributed by atoms with Crippen molar-refractivity contribution in [2.24, 2.45) is 0 Å². The zero-order chi connectivity index (χ0) is 22.8. The molecule has 0 unspecified atom stereocenters. The van der Waals surface area contributed by atoms with E-state index in [0.717, 1.165) is 6.07 Å². The van der Waals surface area contributed by atoms with Crippen molar-refractivity contribution in [3.63, 3.8) is 0 Å². The summed E-state index contributed by atoms with van der Waals surface area (Å²) >= 11 is 0. The number of carbonyl (C=O) groups is 2. The van der Waals surface area contributed by atoms with Crippen molar-refractivity contribution in [2.75, 3.05) is 14.2 Å². The van der Waals surface area contributed by atoms with Crippen LogP contribution < -0.4 is 18.9 Å². The summed E-state index contributed by atoms with van der Waals surface area (Å²) in [5.41, 5.74) is 1.68. The largest absolute Gasteiger partial charge is 0.497 e. The van der Waals surface area contributed by atoms with E-state index in [9.17, 15) is 14.0 Å². The van der Waals surface area contributed by atoms with Gasteiger partial charge in [0.1, 0.15) is 28.8 Å². The van der Waals surface area contributed by atoms with E-state index in [1.165, 1.54) is 31.4 Å². The monoisotopic (exact) mass is 434 g/mol. The molecule has 4 rings (SSSR count). The van der Waals surface area contributed by atoms with Gasteiger partial charge in [-0.15, -0.1) is 0 Å². The van der Waals surface area contributed by atoms with Gasteiger partial charge in [0.15, 0.2) is 5.76 Å². The minimum absolute atomic E-state index is 0.0762. The second-order valence-electron chi connectivity index (χ2n) is 7.06. The summed E-state index contributed by atoms with van der Waals surface area (Å²) in [5.74, 6) is 0.160. The number of fused-ring (bicyclic) bond motifs is 1. The van der Waals surface area contributed by atoms with Gasteiger partial charge in [-0.05, 0) is 55.0 Å². The van der Waals surface area contributed by atoms with Crippen LogP contribution in [-0.4, -0.2) is 26.0 Å². The van der Waals surface area contributed by atoms with Gasteiger partial charge in [0, 0.05) is 17.7 Å². The second kappa shape index (κ2) is 8.55. The molecule has 1 aliphatic rings. The van der Waals surface area contributed by atoms with Crippen molar-refractivity contribution in [1.29, 1.82) is 0 Å². The zero-order valence-corrected chi connectivity index (χ0v) is 17.6. The number of hydrogen-bond donors (Lipinski definition) is 0. The number of allylic oxidation sites excluding steroid dienone is 1. The number of hydrogen-bond acceptors (Lipinski definition) is 6. The standard InChI is InChI=1S/C25H19FO6/c1-14-9-19(31-25(28)16-5-4-6-17(26)10-16)13-21-23(14)24(27)22(32-21)11-15-7-8-18(29-2)12-20(15)30-3/h4-13H,1-3H3/b22-11-.